The van der Waals surface area contributed by atoms with Crippen LogP contribution in [0.2, 0.25) is 0 Å². The fourth-order valence-corrected chi connectivity index (χ4v) is 4.23. The van der Waals surface area contributed by atoms with Crippen molar-refractivity contribution in [1.29, 1.82) is 0 Å². The summed E-state index contributed by atoms with van der Waals surface area (Å²) in [4.78, 5) is 46.3. The summed E-state index contributed by atoms with van der Waals surface area (Å²) in [7, 11) is 0. The lowest BCUT2D eigenvalue weighted by atomic mass is 9.94. The van der Waals surface area contributed by atoms with Gasteiger partial charge >= 0.3 is 6.15 Å². The van der Waals surface area contributed by atoms with E-state index in [1.165, 1.54) is 12.5 Å². The number of hydrogen-bond acceptors (Lipinski definition) is 5. The van der Waals surface area contributed by atoms with Gasteiger partial charge in [-0.15, -0.1) is 0 Å². The van der Waals surface area contributed by atoms with Gasteiger partial charge in [-0.05, 0) is 42.0 Å². The first kappa shape index (κ1) is 23.7. The summed E-state index contributed by atoms with van der Waals surface area (Å²) in [5, 5.41) is 11.6. The van der Waals surface area contributed by atoms with Crippen molar-refractivity contribution in [3.8, 4) is 0 Å². The fraction of sp³-hybridized carbons (Fsp3) is 0.269. The number of amides is 1. The number of aromatic amines is 1. The monoisotopic (exact) mass is 446 g/mol. The van der Waals surface area contributed by atoms with E-state index in [-0.39, 0.29) is 17.5 Å². The first-order valence-electron chi connectivity index (χ1n) is 10.7. The molecule has 2 heterocycles. The molecule has 1 atom stereocenters. The van der Waals surface area contributed by atoms with Crippen molar-refractivity contribution in [3.63, 3.8) is 0 Å². The molecule has 2 aromatic carbocycles. The number of aliphatic hydroxyl groups is 1. The van der Waals surface area contributed by atoms with E-state index in [0.717, 1.165) is 22.0 Å². The highest BCUT2D eigenvalue weighted by atomic mass is 16.3. The molecule has 1 amide bonds. The average Bonchev–Trinajstić information content (AvgIpc) is 3.32. The van der Waals surface area contributed by atoms with Gasteiger partial charge in [-0.1, -0.05) is 56.3 Å². The van der Waals surface area contributed by atoms with Gasteiger partial charge < -0.3 is 15.0 Å². The maximum absolute atomic E-state index is 12.9. The van der Waals surface area contributed by atoms with Gasteiger partial charge in [-0.2, -0.15) is 9.59 Å². The van der Waals surface area contributed by atoms with Crippen molar-refractivity contribution in [2.45, 2.75) is 39.2 Å². The van der Waals surface area contributed by atoms with Crippen LogP contribution in [0.3, 0.4) is 0 Å². The number of aliphatic hydroxyl groups excluding tert-OH is 1. The van der Waals surface area contributed by atoms with Gasteiger partial charge in [0, 0.05) is 23.6 Å². The van der Waals surface area contributed by atoms with Gasteiger partial charge in [0.15, 0.2) is 11.5 Å². The van der Waals surface area contributed by atoms with Gasteiger partial charge in [-0.25, -0.2) is 0 Å². The van der Waals surface area contributed by atoms with E-state index < -0.39 is 17.7 Å². The highest BCUT2D eigenvalue weighted by Crippen LogP contribution is 2.38. The predicted molar refractivity (Wildman–Crippen MR) is 122 cm³/mol. The summed E-state index contributed by atoms with van der Waals surface area (Å²) in [5.41, 5.74) is 4.35. The molecule has 2 N–H and O–H groups in total. The molecular weight excluding hydrogens is 420 g/mol. The molecular formula is C26H26N2O5. The van der Waals surface area contributed by atoms with Crippen LogP contribution in [0.25, 0.3) is 10.9 Å². The fourth-order valence-electron chi connectivity index (χ4n) is 4.23. The summed E-state index contributed by atoms with van der Waals surface area (Å²) in [6.45, 7) is 6.04. The molecule has 0 spiro atoms. The lowest BCUT2D eigenvalue weighted by Crippen LogP contribution is -2.32. The highest BCUT2D eigenvalue weighted by molar-refractivity contribution is 6.08. The maximum atomic E-state index is 12.9. The average molecular weight is 447 g/mol. The quantitative estimate of drug-likeness (QED) is 0.589. The SMILES string of the molecule is CC(=O)C1=C(O)C(=O)N(CCc2c[nH]c3ccccc23)C1c1ccc(C(C)C)cc1.O=C=O. The van der Waals surface area contributed by atoms with E-state index in [9.17, 15) is 14.7 Å². The van der Waals surface area contributed by atoms with Crippen LogP contribution in [-0.2, 0) is 25.6 Å². The van der Waals surface area contributed by atoms with E-state index >= 15 is 0 Å². The molecule has 1 unspecified atom stereocenters. The van der Waals surface area contributed by atoms with Crippen LogP contribution < -0.4 is 0 Å². The second kappa shape index (κ2) is 10.1. The van der Waals surface area contributed by atoms with Gasteiger partial charge in [0.05, 0.1) is 11.6 Å². The zero-order valence-corrected chi connectivity index (χ0v) is 18.8. The Bertz CT molecular complexity index is 1230. The molecule has 3 aromatic rings. The molecule has 0 fully saturated rings. The number of rotatable bonds is 6. The molecule has 1 aromatic heterocycles. The molecule has 0 bridgehead atoms. The molecule has 0 aliphatic carbocycles. The topological polar surface area (TPSA) is 108 Å². The number of carbonyl (C=O) groups is 2. The Morgan fingerprint density at radius 2 is 1.76 bits per heavy atom. The number of Topliss-reactive ketones (excluding diaryl/α,β-unsaturated/α-hetero) is 1. The lowest BCUT2D eigenvalue weighted by Gasteiger charge is -2.27. The van der Waals surface area contributed by atoms with E-state index in [4.69, 9.17) is 9.59 Å². The van der Waals surface area contributed by atoms with E-state index in [1.54, 1.807) is 4.90 Å². The summed E-state index contributed by atoms with van der Waals surface area (Å²) < 4.78 is 0. The summed E-state index contributed by atoms with van der Waals surface area (Å²) in [6, 6.07) is 15.4. The van der Waals surface area contributed by atoms with Crippen molar-refractivity contribution >= 4 is 28.7 Å². The zero-order chi connectivity index (χ0) is 24.1. The van der Waals surface area contributed by atoms with Gasteiger partial charge in [0.2, 0.25) is 0 Å². The Hall–Kier alpha value is -3.96. The summed E-state index contributed by atoms with van der Waals surface area (Å²) in [6.07, 6.45) is 2.83. The molecule has 4 rings (SSSR count). The number of nitrogens with one attached hydrogen (secondary N) is 1. The van der Waals surface area contributed by atoms with Crippen LogP contribution in [0.15, 0.2) is 66.1 Å². The number of fused-ring (bicyclic) bond motifs is 1. The first-order chi connectivity index (χ1) is 15.8. The number of H-pyrrole nitrogens is 1. The van der Waals surface area contributed by atoms with Crippen LogP contribution in [0.5, 0.6) is 0 Å². The number of hydrogen-bond donors (Lipinski definition) is 2. The molecule has 1 aliphatic heterocycles. The third-order valence-corrected chi connectivity index (χ3v) is 5.90. The Morgan fingerprint density at radius 1 is 1.12 bits per heavy atom. The molecule has 33 heavy (non-hydrogen) atoms. The third-order valence-electron chi connectivity index (χ3n) is 5.90. The minimum atomic E-state index is -0.568. The largest absolute Gasteiger partial charge is 0.503 e. The Labute approximate surface area is 191 Å². The van der Waals surface area contributed by atoms with Crippen LogP contribution in [0, 0.1) is 0 Å². The number of benzene rings is 2. The normalized spacial score (nSPS) is 15.6. The standard InChI is InChI=1S/C25H26N2O3.CO2/c1-15(2)17-8-10-18(11-9-17)23-22(16(3)28)24(29)25(30)27(23)13-12-19-14-26-21-7-5-4-6-20(19)21;2-1-3/h4-11,14-15,23,26,29H,12-13H2,1-3H3;. The first-order valence-corrected chi connectivity index (χ1v) is 10.7. The van der Waals surface area contributed by atoms with Crippen molar-refractivity contribution in [2.24, 2.45) is 0 Å². The molecule has 0 saturated heterocycles. The Morgan fingerprint density at radius 3 is 2.36 bits per heavy atom. The second-order valence-corrected chi connectivity index (χ2v) is 8.23. The molecule has 7 nitrogen and oxygen atoms in total. The highest BCUT2D eigenvalue weighted by Gasteiger charge is 2.42. The Balaban J connectivity index is 0.000000968. The van der Waals surface area contributed by atoms with Crippen molar-refractivity contribution < 1.29 is 24.3 Å². The second-order valence-electron chi connectivity index (χ2n) is 8.23. The van der Waals surface area contributed by atoms with Crippen molar-refractivity contribution in [1.82, 2.24) is 9.88 Å². The molecule has 7 heteroatoms. The molecule has 0 radical (unpaired) electrons. The third kappa shape index (κ3) is 4.78. The number of para-hydroxylation sites is 1. The molecule has 0 saturated carbocycles. The number of carbonyl (C=O) groups excluding carboxylic acids is 4. The van der Waals surface area contributed by atoms with E-state index in [2.05, 4.69) is 18.8 Å². The van der Waals surface area contributed by atoms with Crippen LogP contribution in [0.1, 0.15) is 49.4 Å². The number of ketones is 1. The van der Waals surface area contributed by atoms with Crippen LogP contribution in [0.4, 0.5) is 0 Å². The maximum Gasteiger partial charge on any atom is 0.373 e. The van der Waals surface area contributed by atoms with Gasteiger partial charge in [0.1, 0.15) is 0 Å². The predicted octanol–water partition coefficient (Wildman–Crippen LogP) is 4.23. The summed E-state index contributed by atoms with van der Waals surface area (Å²) >= 11 is 0. The zero-order valence-electron chi connectivity index (χ0n) is 18.8. The lowest BCUT2D eigenvalue weighted by molar-refractivity contribution is -0.191. The van der Waals surface area contributed by atoms with E-state index in [0.29, 0.717) is 18.9 Å². The van der Waals surface area contributed by atoms with Gasteiger partial charge in [-0.3, -0.25) is 9.59 Å². The molecule has 1 aliphatic rings. The van der Waals surface area contributed by atoms with Gasteiger partial charge in [0.25, 0.3) is 5.91 Å². The Kier molecular flexibility index (Phi) is 7.26. The van der Waals surface area contributed by atoms with Crippen LogP contribution in [-0.4, -0.2) is 39.4 Å². The smallest absolute Gasteiger partial charge is 0.373 e. The van der Waals surface area contributed by atoms with E-state index in [1.807, 2.05) is 54.7 Å². The summed E-state index contributed by atoms with van der Waals surface area (Å²) in [5.74, 6) is -0.816. The molecule has 170 valence electrons. The van der Waals surface area contributed by atoms with Crippen LogP contribution >= 0.6 is 0 Å². The van der Waals surface area contributed by atoms with Crippen molar-refractivity contribution in [2.75, 3.05) is 6.54 Å². The number of aromatic nitrogens is 1. The minimum Gasteiger partial charge on any atom is -0.503 e. The number of nitrogens with zero attached hydrogens (tertiary/aromatic N) is 1. The minimum absolute atomic E-state index is 0.177. The van der Waals surface area contributed by atoms with Crippen molar-refractivity contribution in [3.05, 3.63) is 82.8 Å².